The molecule has 1 unspecified atom stereocenters. The Morgan fingerprint density at radius 2 is 1.71 bits per heavy atom. The van der Waals surface area contributed by atoms with Crippen LogP contribution in [0.25, 0.3) is 16.7 Å². The highest BCUT2D eigenvalue weighted by Crippen LogP contribution is 2.28. The van der Waals surface area contributed by atoms with Gasteiger partial charge in [0.05, 0.1) is 16.4 Å². The Balaban J connectivity index is 2.20. The van der Waals surface area contributed by atoms with Crippen LogP contribution in [-0.4, -0.2) is 23.6 Å². The second-order valence-electron chi connectivity index (χ2n) is 5.32. The number of anilines is 1. The third-order valence-corrected chi connectivity index (χ3v) is 3.76. The maximum atomic E-state index is 6.32. The highest BCUT2D eigenvalue weighted by Gasteiger charge is 2.15. The number of imidazole rings is 1. The lowest BCUT2D eigenvalue weighted by atomic mass is 10.2. The van der Waals surface area contributed by atoms with Crippen LogP contribution in [-0.2, 0) is 0 Å². The average molecular weight is 300 g/mol. The van der Waals surface area contributed by atoms with Gasteiger partial charge in [-0.1, -0.05) is 12.1 Å². The minimum Gasteiger partial charge on any atom is -0.378 e. The summed E-state index contributed by atoms with van der Waals surface area (Å²) in [5, 5.41) is -0.147. The van der Waals surface area contributed by atoms with E-state index in [1.807, 2.05) is 39.2 Å². The number of alkyl halides is 1. The Bertz CT molecular complexity index is 757. The van der Waals surface area contributed by atoms with Crippen molar-refractivity contribution in [3.8, 4) is 5.69 Å². The van der Waals surface area contributed by atoms with E-state index in [2.05, 4.69) is 44.8 Å². The predicted octanol–water partition coefficient (Wildman–Crippen LogP) is 4.39. The van der Waals surface area contributed by atoms with Gasteiger partial charge in [-0.15, -0.1) is 11.6 Å². The molecular weight excluding hydrogens is 282 g/mol. The summed E-state index contributed by atoms with van der Waals surface area (Å²) in [5.41, 5.74) is 4.30. The van der Waals surface area contributed by atoms with E-state index in [0.717, 1.165) is 22.5 Å². The zero-order valence-electron chi connectivity index (χ0n) is 12.4. The molecule has 3 nitrogen and oxygen atoms in total. The predicted molar refractivity (Wildman–Crippen MR) is 89.7 cm³/mol. The summed E-state index contributed by atoms with van der Waals surface area (Å²) in [6, 6.07) is 16.5. The van der Waals surface area contributed by atoms with Crippen molar-refractivity contribution >= 4 is 28.3 Å². The van der Waals surface area contributed by atoms with Gasteiger partial charge in [0, 0.05) is 25.5 Å². The fourth-order valence-corrected chi connectivity index (χ4v) is 2.63. The van der Waals surface area contributed by atoms with Crippen LogP contribution in [0, 0.1) is 0 Å². The zero-order valence-corrected chi connectivity index (χ0v) is 13.2. The lowest BCUT2D eigenvalue weighted by Gasteiger charge is -2.15. The Labute approximate surface area is 129 Å². The first-order chi connectivity index (χ1) is 10.1. The first-order valence-electron chi connectivity index (χ1n) is 6.97. The standard InChI is InChI=1S/C17H18ClN3/c1-12(18)17-19-15-6-4-5-7-16(15)21(17)14-10-8-13(9-11-14)20(2)3/h4-12H,1-3H3. The van der Waals surface area contributed by atoms with Crippen molar-refractivity contribution in [1.82, 2.24) is 9.55 Å². The average Bonchev–Trinajstić information content (AvgIpc) is 2.87. The Kier molecular flexibility index (Phi) is 3.60. The minimum absolute atomic E-state index is 0.147. The van der Waals surface area contributed by atoms with E-state index in [1.54, 1.807) is 0 Å². The maximum Gasteiger partial charge on any atom is 0.132 e. The monoisotopic (exact) mass is 299 g/mol. The van der Waals surface area contributed by atoms with E-state index in [9.17, 15) is 0 Å². The molecule has 0 aliphatic carbocycles. The lowest BCUT2D eigenvalue weighted by molar-refractivity contribution is 0.882. The molecule has 0 aliphatic heterocycles. The number of rotatable bonds is 3. The second-order valence-corrected chi connectivity index (χ2v) is 5.98. The SMILES string of the molecule is CC(Cl)c1nc2ccccc2n1-c1ccc(N(C)C)cc1. The first-order valence-corrected chi connectivity index (χ1v) is 7.41. The van der Waals surface area contributed by atoms with E-state index in [-0.39, 0.29) is 5.38 Å². The molecule has 1 atom stereocenters. The van der Waals surface area contributed by atoms with Crippen molar-refractivity contribution in [2.24, 2.45) is 0 Å². The molecule has 0 aliphatic rings. The van der Waals surface area contributed by atoms with Crippen molar-refractivity contribution in [1.29, 1.82) is 0 Å². The third-order valence-electron chi connectivity index (χ3n) is 3.57. The number of aromatic nitrogens is 2. The summed E-state index contributed by atoms with van der Waals surface area (Å²) in [4.78, 5) is 6.75. The van der Waals surface area contributed by atoms with E-state index in [4.69, 9.17) is 11.6 Å². The molecule has 21 heavy (non-hydrogen) atoms. The molecule has 3 aromatic rings. The number of hydrogen-bond acceptors (Lipinski definition) is 2. The first kappa shape index (κ1) is 14.0. The fraction of sp³-hybridized carbons (Fsp3) is 0.235. The van der Waals surface area contributed by atoms with Crippen molar-refractivity contribution in [2.75, 3.05) is 19.0 Å². The summed E-state index contributed by atoms with van der Waals surface area (Å²) in [5.74, 6) is 0.871. The molecule has 0 radical (unpaired) electrons. The topological polar surface area (TPSA) is 21.1 Å². The van der Waals surface area contributed by atoms with Gasteiger partial charge in [-0.2, -0.15) is 0 Å². The van der Waals surface area contributed by atoms with Gasteiger partial charge in [-0.05, 0) is 43.3 Å². The number of benzene rings is 2. The van der Waals surface area contributed by atoms with Crippen LogP contribution in [0.15, 0.2) is 48.5 Å². The second kappa shape index (κ2) is 5.41. The normalized spacial score (nSPS) is 12.6. The Morgan fingerprint density at radius 1 is 1.05 bits per heavy atom. The highest BCUT2D eigenvalue weighted by molar-refractivity contribution is 6.20. The molecule has 4 heteroatoms. The number of halogens is 1. The Morgan fingerprint density at radius 3 is 2.33 bits per heavy atom. The van der Waals surface area contributed by atoms with Crippen LogP contribution >= 0.6 is 11.6 Å². The largest absolute Gasteiger partial charge is 0.378 e. The van der Waals surface area contributed by atoms with E-state index in [0.29, 0.717) is 0 Å². The summed E-state index contributed by atoms with van der Waals surface area (Å²) < 4.78 is 2.13. The quantitative estimate of drug-likeness (QED) is 0.669. The van der Waals surface area contributed by atoms with Crippen LogP contribution in [0.4, 0.5) is 5.69 Å². The molecule has 1 aromatic heterocycles. The Hall–Kier alpha value is -2.00. The van der Waals surface area contributed by atoms with Crippen LogP contribution in [0.2, 0.25) is 0 Å². The van der Waals surface area contributed by atoms with Gasteiger partial charge < -0.3 is 4.90 Å². The van der Waals surface area contributed by atoms with Gasteiger partial charge in [0.15, 0.2) is 0 Å². The molecule has 1 heterocycles. The number of para-hydroxylation sites is 2. The molecule has 2 aromatic carbocycles. The molecule has 0 saturated carbocycles. The molecule has 108 valence electrons. The zero-order chi connectivity index (χ0) is 15.0. The molecule has 0 bridgehead atoms. The number of fused-ring (bicyclic) bond motifs is 1. The van der Waals surface area contributed by atoms with E-state index < -0.39 is 0 Å². The van der Waals surface area contributed by atoms with Crippen molar-refractivity contribution in [2.45, 2.75) is 12.3 Å². The van der Waals surface area contributed by atoms with Crippen molar-refractivity contribution < 1.29 is 0 Å². The van der Waals surface area contributed by atoms with Crippen LogP contribution < -0.4 is 4.90 Å². The van der Waals surface area contributed by atoms with Gasteiger partial charge in [0.1, 0.15) is 5.82 Å². The van der Waals surface area contributed by atoms with Crippen LogP contribution in [0.1, 0.15) is 18.1 Å². The van der Waals surface area contributed by atoms with Gasteiger partial charge in [-0.3, -0.25) is 4.57 Å². The molecular formula is C17H18ClN3. The number of nitrogens with zero attached hydrogens (tertiary/aromatic N) is 3. The molecule has 0 amide bonds. The van der Waals surface area contributed by atoms with Crippen molar-refractivity contribution in [3.05, 3.63) is 54.4 Å². The van der Waals surface area contributed by atoms with Gasteiger partial charge in [-0.25, -0.2) is 4.98 Å². The van der Waals surface area contributed by atoms with Crippen LogP contribution in [0.3, 0.4) is 0 Å². The van der Waals surface area contributed by atoms with E-state index >= 15 is 0 Å². The van der Waals surface area contributed by atoms with E-state index in [1.165, 1.54) is 5.69 Å². The van der Waals surface area contributed by atoms with Gasteiger partial charge in [0.25, 0.3) is 0 Å². The molecule has 0 spiro atoms. The smallest absolute Gasteiger partial charge is 0.132 e. The fourth-order valence-electron chi connectivity index (χ4n) is 2.48. The highest BCUT2D eigenvalue weighted by atomic mass is 35.5. The maximum absolute atomic E-state index is 6.32. The number of hydrogen-bond donors (Lipinski definition) is 0. The molecule has 3 rings (SSSR count). The minimum atomic E-state index is -0.147. The summed E-state index contributed by atoms with van der Waals surface area (Å²) in [6.45, 7) is 1.95. The molecule has 0 N–H and O–H groups in total. The van der Waals surface area contributed by atoms with Crippen molar-refractivity contribution in [3.63, 3.8) is 0 Å². The third kappa shape index (κ3) is 2.49. The van der Waals surface area contributed by atoms with Gasteiger partial charge in [0.2, 0.25) is 0 Å². The van der Waals surface area contributed by atoms with Gasteiger partial charge >= 0.3 is 0 Å². The summed E-state index contributed by atoms with van der Waals surface area (Å²) >= 11 is 6.32. The summed E-state index contributed by atoms with van der Waals surface area (Å²) in [7, 11) is 4.07. The summed E-state index contributed by atoms with van der Waals surface area (Å²) in [6.07, 6.45) is 0. The van der Waals surface area contributed by atoms with Crippen LogP contribution in [0.5, 0.6) is 0 Å². The molecule has 0 fully saturated rings. The molecule has 0 saturated heterocycles. The lowest BCUT2D eigenvalue weighted by Crippen LogP contribution is -2.08.